The summed E-state index contributed by atoms with van der Waals surface area (Å²) in [5.41, 5.74) is 0.729. The first-order valence-electron chi connectivity index (χ1n) is 10.1. The van der Waals surface area contributed by atoms with Gasteiger partial charge in [-0.15, -0.1) is 11.8 Å². The van der Waals surface area contributed by atoms with Crippen molar-refractivity contribution in [1.82, 2.24) is 10.2 Å². The van der Waals surface area contributed by atoms with Crippen molar-refractivity contribution in [2.24, 2.45) is 0 Å². The van der Waals surface area contributed by atoms with Gasteiger partial charge in [-0.25, -0.2) is 9.59 Å². The number of amides is 2. The molecule has 32 heavy (non-hydrogen) atoms. The molecule has 9 heteroatoms. The molecule has 0 spiro atoms. The Morgan fingerprint density at radius 2 is 1.75 bits per heavy atom. The summed E-state index contributed by atoms with van der Waals surface area (Å²) >= 11 is 1.36. The number of esters is 1. The highest BCUT2D eigenvalue weighted by molar-refractivity contribution is 8.01. The molecule has 2 heterocycles. The molecule has 8 nitrogen and oxygen atoms in total. The van der Waals surface area contributed by atoms with Crippen LogP contribution in [0.15, 0.2) is 54.6 Å². The molecule has 2 saturated heterocycles. The molecule has 0 aromatic heterocycles. The molecule has 0 saturated carbocycles. The molecule has 2 unspecified atom stereocenters. The Bertz CT molecular complexity index is 1090. The maximum atomic E-state index is 12.7. The first-order chi connectivity index (χ1) is 15.2. The molecular formula is C23H22N2O6S. The van der Waals surface area contributed by atoms with Gasteiger partial charge in [0.05, 0.1) is 12.0 Å². The Balaban J connectivity index is 1.43. The van der Waals surface area contributed by atoms with E-state index >= 15 is 0 Å². The summed E-state index contributed by atoms with van der Waals surface area (Å²) in [6.07, 6.45) is -0.118. The molecule has 0 aliphatic carbocycles. The van der Waals surface area contributed by atoms with Crippen LogP contribution in [0.5, 0.6) is 5.75 Å². The second-order valence-electron chi connectivity index (χ2n) is 8.18. The molecule has 2 fully saturated rings. The van der Waals surface area contributed by atoms with Crippen LogP contribution in [-0.4, -0.2) is 56.0 Å². The van der Waals surface area contributed by atoms with E-state index in [1.807, 2.05) is 0 Å². The number of hydrogen-bond donors (Lipinski definition) is 2. The fourth-order valence-electron chi connectivity index (χ4n) is 4.07. The minimum atomic E-state index is -1.06. The number of aliphatic carboxylic acids is 1. The first kappa shape index (κ1) is 21.9. The quantitative estimate of drug-likeness (QED) is 0.390. The Kier molecular flexibility index (Phi) is 5.68. The van der Waals surface area contributed by atoms with Crippen LogP contribution in [0.25, 0.3) is 0 Å². The van der Waals surface area contributed by atoms with Gasteiger partial charge in [-0.05, 0) is 37.6 Å². The predicted octanol–water partition coefficient (Wildman–Crippen LogP) is 2.08. The van der Waals surface area contributed by atoms with Crippen molar-refractivity contribution in [1.29, 1.82) is 0 Å². The molecule has 2 aliphatic rings. The number of carboxylic acid groups (broad SMARTS) is 1. The van der Waals surface area contributed by atoms with Crippen molar-refractivity contribution in [3.63, 3.8) is 0 Å². The molecule has 0 bridgehead atoms. The number of nitrogens with zero attached hydrogens (tertiary/aromatic N) is 1. The predicted molar refractivity (Wildman–Crippen MR) is 117 cm³/mol. The van der Waals surface area contributed by atoms with Crippen LogP contribution in [0.4, 0.5) is 0 Å². The average molecular weight is 455 g/mol. The van der Waals surface area contributed by atoms with Crippen LogP contribution in [0.2, 0.25) is 0 Å². The summed E-state index contributed by atoms with van der Waals surface area (Å²) in [5, 5.41) is 11.8. The fraction of sp³-hybridized carbons (Fsp3) is 0.304. The van der Waals surface area contributed by atoms with Crippen LogP contribution in [0.3, 0.4) is 0 Å². The summed E-state index contributed by atoms with van der Waals surface area (Å²) in [6, 6.07) is 13.5. The average Bonchev–Trinajstić information content (AvgIpc) is 3.01. The Morgan fingerprint density at radius 3 is 2.44 bits per heavy atom. The van der Waals surface area contributed by atoms with Crippen molar-refractivity contribution >= 4 is 35.5 Å². The SMILES string of the molecule is CC1(C)S[C@@H]2C(NC(=O)Cc3ccccc3C(=O)Oc3ccccc3)C(=O)N2C1C(=O)O. The maximum Gasteiger partial charge on any atom is 0.343 e. The molecule has 0 radical (unpaired) electrons. The van der Waals surface area contributed by atoms with E-state index in [2.05, 4.69) is 5.32 Å². The monoisotopic (exact) mass is 454 g/mol. The number of benzene rings is 2. The van der Waals surface area contributed by atoms with Crippen LogP contribution < -0.4 is 10.1 Å². The molecular weight excluding hydrogens is 432 g/mol. The normalized spacial score (nSPS) is 23.1. The number of β-lactam (4-membered cyclic amide) rings is 1. The highest BCUT2D eigenvalue weighted by atomic mass is 32.2. The number of para-hydroxylation sites is 1. The fourth-order valence-corrected chi connectivity index (χ4v) is 5.69. The summed E-state index contributed by atoms with van der Waals surface area (Å²) in [7, 11) is 0. The number of hydrogen-bond acceptors (Lipinski definition) is 6. The largest absolute Gasteiger partial charge is 0.480 e. The van der Waals surface area contributed by atoms with E-state index < -0.39 is 46.0 Å². The van der Waals surface area contributed by atoms with E-state index in [1.54, 1.807) is 68.4 Å². The maximum absolute atomic E-state index is 12.7. The zero-order valence-electron chi connectivity index (χ0n) is 17.5. The van der Waals surface area contributed by atoms with E-state index in [-0.39, 0.29) is 12.0 Å². The molecule has 2 aliphatic heterocycles. The van der Waals surface area contributed by atoms with Gasteiger partial charge in [0.1, 0.15) is 23.2 Å². The van der Waals surface area contributed by atoms with Crippen molar-refractivity contribution < 1.29 is 29.0 Å². The van der Waals surface area contributed by atoms with Gasteiger partial charge in [-0.2, -0.15) is 0 Å². The number of carbonyl (C=O) groups is 4. The number of nitrogens with one attached hydrogen (secondary N) is 1. The summed E-state index contributed by atoms with van der Waals surface area (Å²) in [5.74, 6) is -2.09. The van der Waals surface area contributed by atoms with E-state index in [0.717, 1.165) is 0 Å². The number of carbonyl (C=O) groups excluding carboxylic acids is 3. The highest BCUT2D eigenvalue weighted by Gasteiger charge is 2.64. The lowest BCUT2D eigenvalue weighted by Gasteiger charge is -2.43. The Morgan fingerprint density at radius 1 is 1.09 bits per heavy atom. The molecule has 2 aromatic carbocycles. The van der Waals surface area contributed by atoms with Gasteiger partial charge in [-0.3, -0.25) is 9.59 Å². The Hall–Kier alpha value is -3.33. The van der Waals surface area contributed by atoms with Gasteiger partial charge in [0.25, 0.3) is 0 Å². The lowest BCUT2D eigenvalue weighted by molar-refractivity contribution is -0.161. The molecule has 4 rings (SSSR count). The molecule has 2 N–H and O–H groups in total. The number of fused-ring (bicyclic) bond motifs is 1. The van der Waals surface area contributed by atoms with Crippen LogP contribution in [0, 0.1) is 0 Å². The second kappa shape index (κ2) is 8.31. The van der Waals surface area contributed by atoms with Crippen LogP contribution in [-0.2, 0) is 20.8 Å². The topological polar surface area (TPSA) is 113 Å². The summed E-state index contributed by atoms with van der Waals surface area (Å²) in [6.45, 7) is 3.55. The summed E-state index contributed by atoms with van der Waals surface area (Å²) < 4.78 is 4.71. The van der Waals surface area contributed by atoms with E-state index in [4.69, 9.17) is 4.74 Å². The van der Waals surface area contributed by atoms with E-state index in [9.17, 15) is 24.3 Å². The van der Waals surface area contributed by atoms with Crippen LogP contribution in [0.1, 0.15) is 29.8 Å². The first-order valence-corrected chi connectivity index (χ1v) is 10.9. The molecule has 2 amide bonds. The number of ether oxygens (including phenoxy) is 1. The van der Waals surface area contributed by atoms with Crippen molar-refractivity contribution in [3.05, 3.63) is 65.7 Å². The molecule has 3 atom stereocenters. The van der Waals surface area contributed by atoms with Gasteiger partial charge in [0.2, 0.25) is 11.8 Å². The van der Waals surface area contributed by atoms with Crippen LogP contribution >= 0.6 is 11.8 Å². The van der Waals surface area contributed by atoms with Crippen molar-refractivity contribution in [2.75, 3.05) is 0 Å². The number of rotatable bonds is 6. The lowest BCUT2D eigenvalue weighted by atomic mass is 9.96. The molecule has 166 valence electrons. The smallest absolute Gasteiger partial charge is 0.343 e. The zero-order valence-corrected chi connectivity index (χ0v) is 18.3. The summed E-state index contributed by atoms with van der Waals surface area (Å²) in [4.78, 5) is 50.8. The van der Waals surface area contributed by atoms with Crippen molar-refractivity contribution in [3.8, 4) is 5.75 Å². The van der Waals surface area contributed by atoms with Gasteiger partial charge < -0.3 is 20.1 Å². The zero-order chi connectivity index (χ0) is 23.0. The second-order valence-corrected chi connectivity index (χ2v) is 9.95. The standard InChI is InChI=1S/C23H22N2O6S/c1-23(2)18(21(28)29)25-19(27)17(20(25)32-23)24-16(26)12-13-8-6-7-11-15(13)22(30)31-14-9-4-3-5-10-14/h3-11,17-18,20H,12H2,1-2H3,(H,24,26)(H,28,29)/t17?,18?,20-/m1/s1. The third-order valence-corrected chi connectivity index (χ3v) is 7.10. The minimum absolute atomic E-state index is 0.118. The Labute approximate surface area is 188 Å². The minimum Gasteiger partial charge on any atom is -0.480 e. The van der Waals surface area contributed by atoms with Gasteiger partial charge in [0, 0.05) is 4.75 Å². The third-order valence-electron chi connectivity index (χ3n) is 5.53. The van der Waals surface area contributed by atoms with Gasteiger partial charge in [0.15, 0.2) is 0 Å². The van der Waals surface area contributed by atoms with Gasteiger partial charge in [-0.1, -0.05) is 36.4 Å². The molecule has 2 aromatic rings. The number of thioether (sulfide) groups is 1. The highest BCUT2D eigenvalue weighted by Crippen LogP contribution is 2.50. The van der Waals surface area contributed by atoms with Crippen molar-refractivity contribution in [2.45, 2.75) is 42.5 Å². The van der Waals surface area contributed by atoms with Gasteiger partial charge >= 0.3 is 11.9 Å². The third kappa shape index (κ3) is 3.95. The van der Waals surface area contributed by atoms with E-state index in [1.165, 1.54) is 16.7 Å². The lowest BCUT2D eigenvalue weighted by Crippen LogP contribution is -2.70. The van der Waals surface area contributed by atoms with E-state index in [0.29, 0.717) is 11.3 Å². The number of carboxylic acids is 1.